The van der Waals surface area contributed by atoms with Crippen LogP contribution in [0, 0.1) is 0 Å². The second-order valence-corrected chi connectivity index (χ2v) is 4.91. The number of nitrogens with one attached hydrogen (secondary N) is 1. The van der Waals surface area contributed by atoms with Gasteiger partial charge in [-0.05, 0) is 30.7 Å². The maximum absolute atomic E-state index is 11.8. The zero-order valence-electron chi connectivity index (χ0n) is 13.0. The topological polar surface area (TPSA) is 58.6 Å². The summed E-state index contributed by atoms with van der Waals surface area (Å²) in [4.78, 5) is 24.9. The molecule has 0 fully saturated rings. The van der Waals surface area contributed by atoms with Crippen molar-refractivity contribution < 1.29 is 14.3 Å². The van der Waals surface area contributed by atoms with Crippen molar-refractivity contribution in [1.29, 1.82) is 0 Å². The highest BCUT2D eigenvalue weighted by atomic mass is 16.5. The van der Waals surface area contributed by atoms with Gasteiger partial charge in [-0.3, -0.25) is 4.79 Å². The van der Waals surface area contributed by atoms with Crippen molar-refractivity contribution in [2.45, 2.75) is 26.2 Å². The van der Waals surface area contributed by atoms with Gasteiger partial charge in [0.1, 0.15) is 0 Å². The van der Waals surface area contributed by atoms with Crippen molar-refractivity contribution in [1.82, 2.24) is 4.90 Å². The minimum Gasteiger partial charge on any atom is -0.465 e. The molecule has 5 nitrogen and oxygen atoms in total. The molecule has 21 heavy (non-hydrogen) atoms. The molecule has 0 heterocycles. The summed E-state index contributed by atoms with van der Waals surface area (Å²) in [7, 11) is 3.19. The molecule has 1 aromatic carbocycles. The van der Waals surface area contributed by atoms with E-state index in [1.807, 2.05) is 7.05 Å². The van der Waals surface area contributed by atoms with Gasteiger partial charge in [-0.1, -0.05) is 13.3 Å². The second-order valence-electron chi connectivity index (χ2n) is 4.91. The highest BCUT2D eigenvalue weighted by Gasteiger charge is 2.08. The van der Waals surface area contributed by atoms with E-state index in [2.05, 4.69) is 17.0 Å². The van der Waals surface area contributed by atoms with Crippen LogP contribution in [0.1, 0.15) is 36.5 Å². The number of carbonyl (C=O) groups is 2. The van der Waals surface area contributed by atoms with E-state index in [-0.39, 0.29) is 11.9 Å². The second kappa shape index (κ2) is 9.00. The number of amides is 1. The zero-order valence-corrected chi connectivity index (χ0v) is 13.0. The van der Waals surface area contributed by atoms with Crippen LogP contribution >= 0.6 is 0 Å². The third-order valence-electron chi connectivity index (χ3n) is 3.25. The first-order valence-electron chi connectivity index (χ1n) is 7.24. The molecule has 1 aromatic rings. The van der Waals surface area contributed by atoms with Crippen LogP contribution in [0.2, 0.25) is 0 Å². The molecule has 0 saturated heterocycles. The van der Waals surface area contributed by atoms with Gasteiger partial charge in [0.2, 0.25) is 5.91 Å². The van der Waals surface area contributed by atoms with Gasteiger partial charge in [-0.2, -0.15) is 0 Å². The van der Waals surface area contributed by atoms with Gasteiger partial charge in [-0.15, -0.1) is 0 Å². The van der Waals surface area contributed by atoms with Crippen molar-refractivity contribution in [2.75, 3.05) is 32.6 Å². The molecule has 1 amide bonds. The van der Waals surface area contributed by atoms with E-state index in [0.29, 0.717) is 18.5 Å². The molecule has 0 bridgehead atoms. The molecular weight excluding hydrogens is 268 g/mol. The van der Waals surface area contributed by atoms with E-state index in [1.165, 1.54) is 7.11 Å². The SMILES string of the molecule is CCCCN(C)C(=O)CCNc1ccc(C(=O)OC)cc1. The first-order chi connectivity index (χ1) is 10.1. The predicted octanol–water partition coefficient (Wildman–Crippen LogP) is 2.53. The average molecular weight is 292 g/mol. The molecule has 0 aliphatic carbocycles. The highest BCUT2D eigenvalue weighted by molar-refractivity contribution is 5.89. The van der Waals surface area contributed by atoms with Crippen LogP contribution in [0.5, 0.6) is 0 Å². The monoisotopic (exact) mass is 292 g/mol. The fourth-order valence-corrected chi connectivity index (χ4v) is 1.87. The van der Waals surface area contributed by atoms with Gasteiger partial charge in [-0.25, -0.2) is 4.79 Å². The van der Waals surface area contributed by atoms with Crippen molar-refractivity contribution >= 4 is 17.6 Å². The zero-order chi connectivity index (χ0) is 15.7. The molecular formula is C16H24N2O3. The number of anilines is 1. The number of esters is 1. The maximum atomic E-state index is 11.8. The van der Waals surface area contributed by atoms with E-state index < -0.39 is 0 Å². The van der Waals surface area contributed by atoms with E-state index in [0.717, 1.165) is 25.1 Å². The first kappa shape index (κ1) is 17.0. The Morgan fingerprint density at radius 2 is 1.90 bits per heavy atom. The van der Waals surface area contributed by atoms with Crippen LogP contribution in [0.3, 0.4) is 0 Å². The molecule has 5 heteroatoms. The quantitative estimate of drug-likeness (QED) is 0.748. The Labute approximate surface area is 126 Å². The van der Waals surface area contributed by atoms with Crippen LogP contribution in [0.25, 0.3) is 0 Å². The third kappa shape index (κ3) is 5.85. The third-order valence-corrected chi connectivity index (χ3v) is 3.25. The summed E-state index contributed by atoms with van der Waals surface area (Å²) < 4.78 is 4.64. The van der Waals surface area contributed by atoms with E-state index in [1.54, 1.807) is 29.2 Å². The summed E-state index contributed by atoms with van der Waals surface area (Å²) in [6, 6.07) is 7.00. The summed E-state index contributed by atoms with van der Waals surface area (Å²) in [6.45, 7) is 3.49. The van der Waals surface area contributed by atoms with E-state index >= 15 is 0 Å². The van der Waals surface area contributed by atoms with Crippen LogP contribution < -0.4 is 5.32 Å². The van der Waals surface area contributed by atoms with Gasteiger partial charge in [0.05, 0.1) is 12.7 Å². The minimum atomic E-state index is -0.353. The predicted molar refractivity (Wildman–Crippen MR) is 83.4 cm³/mol. The van der Waals surface area contributed by atoms with Gasteiger partial charge in [0, 0.05) is 32.2 Å². The Bertz CT molecular complexity index is 457. The number of carbonyl (C=O) groups excluding carboxylic acids is 2. The van der Waals surface area contributed by atoms with Crippen molar-refractivity contribution in [3.05, 3.63) is 29.8 Å². The largest absolute Gasteiger partial charge is 0.465 e. The summed E-state index contributed by atoms with van der Waals surface area (Å²) in [6.07, 6.45) is 2.58. The van der Waals surface area contributed by atoms with Crippen molar-refractivity contribution in [2.24, 2.45) is 0 Å². The lowest BCUT2D eigenvalue weighted by Crippen LogP contribution is -2.29. The molecule has 0 aliphatic rings. The Morgan fingerprint density at radius 1 is 1.24 bits per heavy atom. The molecule has 1 N–H and O–H groups in total. The number of ether oxygens (including phenoxy) is 1. The lowest BCUT2D eigenvalue weighted by molar-refractivity contribution is -0.129. The Kier molecular flexibility index (Phi) is 7.29. The number of benzene rings is 1. The summed E-state index contributed by atoms with van der Waals surface area (Å²) in [5.74, 6) is -0.212. The first-order valence-corrected chi connectivity index (χ1v) is 7.24. The van der Waals surface area contributed by atoms with Crippen molar-refractivity contribution in [3.8, 4) is 0 Å². The molecule has 0 unspecified atom stereocenters. The van der Waals surface area contributed by atoms with Crippen LogP contribution in [-0.4, -0.2) is 44.0 Å². The lowest BCUT2D eigenvalue weighted by atomic mass is 10.2. The van der Waals surface area contributed by atoms with Gasteiger partial charge >= 0.3 is 5.97 Å². The van der Waals surface area contributed by atoms with E-state index in [9.17, 15) is 9.59 Å². The number of hydrogen-bond acceptors (Lipinski definition) is 4. The van der Waals surface area contributed by atoms with Gasteiger partial charge in [0.25, 0.3) is 0 Å². The number of methoxy groups -OCH3 is 1. The molecule has 0 aromatic heterocycles. The Morgan fingerprint density at radius 3 is 2.48 bits per heavy atom. The lowest BCUT2D eigenvalue weighted by Gasteiger charge is -2.17. The molecule has 0 aliphatic heterocycles. The summed E-state index contributed by atoms with van der Waals surface area (Å²) in [5, 5.41) is 3.17. The number of unbranched alkanes of at least 4 members (excludes halogenated alkanes) is 1. The number of hydrogen-bond donors (Lipinski definition) is 1. The highest BCUT2D eigenvalue weighted by Crippen LogP contribution is 2.10. The van der Waals surface area contributed by atoms with Crippen LogP contribution in [0.4, 0.5) is 5.69 Å². The standard InChI is InChI=1S/C16H24N2O3/c1-4-5-12-18(2)15(19)10-11-17-14-8-6-13(7-9-14)16(20)21-3/h6-9,17H,4-5,10-12H2,1-3H3. The molecule has 1 rings (SSSR count). The summed E-state index contributed by atoms with van der Waals surface area (Å²) >= 11 is 0. The Balaban J connectivity index is 2.35. The normalized spacial score (nSPS) is 10.0. The summed E-state index contributed by atoms with van der Waals surface area (Å²) in [5.41, 5.74) is 1.39. The van der Waals surface area contributed by atoms with Gasteiger partial charge < -0.3 is 15.0 Å². The molecule has 0 radical (unpaired) electrons. The molecule has 116 valence electrons. The molecule has 0 saturated carbocycles. The van der Waals surface area contributed by atoms with Crippen LogP contribution in [0.15, 0.2) is 24.3 Å². The van der Waals surface area contributed by atoms with Crippen LogP contribution in [-0.2, 0) is 9.53 Å². The number of rotatable bonds is 8. The molecule has 0 spiro atoms. The number of nitrogens with zero attached hydrogens (tertiary/aromatic N) is 1. The maximum Gasteiger partial charge on any atom is 0.337 e. The fourth-order valence-electron chi connectivity index (χ4n) is 1.87. The Hall–Kier alpha value is -2.04. The minimum absolute atomic E-state index is 0.141. The fraction of sp³-hybridized carbons (Fsp3) is 0.500. The molecule has 0 atom stereocenters. The average Bonchev–Trinajstić information content (AvgIpc) is 2.52. The van der Waals surface area contributed by atoms with Gasteiger partial charge in [0.15, 0.2) is 0 Å². The smallest absolute Gasteiger partial charge is 0.337 e. The van der Waals surface area contributed by atoms with Crippen molar-refractivity contribution in [3.63, 3.8) is 0 Å². The van der Waals surface area contributed by atoms with E-state index in [4.69, 9.17) is 0 Å².